The number of likely N-dealkylation sites (N-methyl/N-ethyl adjacent to an activating group) is 2. The number of anilines is 2. The highest BCUT2D eigenvalue weighted by atomic mass is 16.6. The summed E-state index contributed by atoms with van der Waals surface area (Å²) in [5.74, 6) is 0.948. The third-order valence-corrected chi connectivity index (χ3v) is 8.62. The lowest BCUT2D eigenvalue weighted by atomic mass is 9.91. The number of carbonyl (C=O) groups is 2. The number of fused-ring (bicyclic) bond motifs is 1. The predicted molar refractivity (Wildman–Crippen MR) is 193 cm³/mol. The van der Waals surface area contributed by atoms with Crippen molar-refractivity contribution in [3.8, 4) is 28.4 Å². The summed E-state index contributed by atoms with van der Waals surface area (Å²) >= 11 is 0. The second-order valence-electron chi connectivity index (χ2n) is 13.0. The summed E-state index contributed by atoms with van der Waals surface area (Å²) in [5.41, 5.74) is 4.16. The van der Waals surface area contributed by atoms with Crippen molar-refractivity contribution < 1.29 is 28.7 Å². The Balaban J connectivity index is 1.51. The van der Waals surface area contributed by atoms with E-state index in [-0.39, 0.29) is 18.2 Å². The van der Waals surface area contributed by atoms with E-state index in [4.69, 9.17) is 14.2 Å². The van der Waals surface area contributed by atoms with Gasteiger partial charge in [0.1, 0.15) is 29.4 Å². The fourth-order valence-corrected chi connectivity index (χ4v) is 5.92. The summed E-state index contributed by atoms with van der Waals surface area (Å²) in [6.07, 6.45) is -0.491. The third kappa shape index (κ3) is 7.81. The molecular weight excluding hydrogens is 638 g/mol. The molecule has 5 rings (SSSR count). The molecule has 0 spiro atoms. The number of nitro groups is 1. The van der Waals surface area contributed by atoms with Gasteiger partial charge in [-0.1, -0.05) is 36.4 Å². The highest BCUT2D eigenvalue weighted by Crippen LogP contribution is 2.45. The van der Waals surface area contributed by atoms with Gasteiger partial charge >= 0.3 is 6.09 Å². The van der Waals surface area contributed by atoms with Gasteiger partial charge in [0.25, 0.3) is 11.6 Å². The van der Waals surface area contributed by atoms with Crippen LogP contribution in [0.2, 0.25) is 0 Å². The molecule has 4 aromatic carbocycles. The molecule has 12 heteroatoms. The van der Waals surface area contributed by atoms with E-state index in [9.17, 15) is 19.7 Å². The molecule has 2 amide bonds. The number of non-ortho nitro benzene ring substituents is 1. The molecule has 0 aliphatic carbocycles. The molecule has 12 nitrogen and oxygen atoms in total. The average molecular weight is 682 g/mol. The molecule has 50 heavy (non-hydrogen) atoms. The van der Waals surface area contributed by atoms with E-state index in [2.05, 4.69) is 5.32 Å². The van der Waals surface area contributed by atoms with Crippen molar-refractivity contribution in [2.24, 2.45) is 0 Å². The first-order chi connectivity index (χ1) is 23.8. The van der Waals surface area contributed by atoms with Gasteiger partial charge in [0.05, 0.1) is 29.5 Å². The number of ether oxygens (including phenoxy) is 3. The number of benzene rings is 4. The lowest BCUT2D eigenvalue weighted by Crippen LogP contribution is -2.52. The minimum absolute atomic E-state index is 0.0134. The van der Waals surface area contributed by atoms with Crippen LogP contribution in [0.3, 0.4) is 0 Å². The zero-order valence-corrected chi connectivity index (χ0v) is 29.5. The van der Waals surface area contributed by atoms with Crippen molar-refractivity contribution >= 4 is 29.1 Å². The SMILES string of the molecule is COc1cc(OC(=O)N(CCN(C)C)Cc2ccccc2)ccc1-c1ccc2c(c1COc1cc([N+](=O)[O-])ccc1C)N(C)C(=O)C(C)(C)N2. The fraction of sp³-hybridized carbons (Fsp3) is 0.316. The van der Waals surface area contributed by atoms with Crippen molar-refractivity contribution in [1.82, 2.24) is 9.80 Å². The van der Waals surface area contributed by atoms with E-state index >= 15 is 0 Å². The Morgan fingerprint density at radius 1 is 0.960 bits per heavy atom. The van der Waals surface area contributed by atoms with Gasteiger partial charge in [-0.15, -0.1) is 0 Å². The van der Waals surface area contributed by atoms with Crippen molar-refractivity contribution in [3.63, 3.8) is 0 Å². The second kappa shape index (κ2) is 14.9. The van der Waals surface area contributed by atoms with Crippen LogP contribution in [0.4, 0.5) is 21.9 Å². The van der Waals surface area contributed by atoms with E-state index in [0.717, 1.165) is 16.8 Å². The monoisotopic (exact) mass is 681 g/mol. The van der Waals surface area contributed by atoms with Crippen molar-refractivity contribution in [2.75, 3.05) is 51.6 Å². The third-order valence-electron chi connectivity index (χ3n) is 8.62. The standard InChI is InChI=1S/C38H43N5O7/c1-25-13-14-27(43(46)47)21-33(25)49-24-31-29(17-18-32-35(31)41(6)36(44)38(2,3)39-32)30-16-15-28(22-34(30)48-7)50-37(45)42(20-19-40(4)5)23-26-11-9-8-10-12-26/h8-18,21-22,39H,19-20,23-24H2,1-7H3. The van der Waals surface area contributed by atoms with E-state index in [0.29, 0.717) is 59.3 Å². The molecule has 0 saturated carbocycles. The summed E-state index contributed by atoms with van der Waals surface area (Å²) in [6.45, 7) is 6.95. The minimum Gasteiger partial charge on any atom is -0.496 e. The molecule has 1 N–H and O–H groups in total. The van der Waals surface area contributed by atoms with Crippen LogP contribution < -0.4 is 24.4 Å². The highest BCUT2D eigenvalue weighted by molar-refractivity contribution is 6.08. The van der Waals surface area contributed by atoms with Gasteiger partial charge < -0.3 is 34.2 Å². The summed E-state index contributed by atoms with van der Waals surface area (Å²) in [6, 6.07) is 23.2. The maximum atomic E-state index is 13.5. The highest BCUT2D eigenvalue weighted by Gasteiger charge is 2.39. The van der Waals surface area contributed by atoms with E-state index in [1.807, 2.05) is 82.2 Å². The van der Waals surface area contributed by atoms with E-state index in [1.54, 1.807) is 41.1 Å². The molecule has 0 atom stereocenters. The van der Waals surface area contributed by atoms with Crippen LogP contribution in [0.5, 0.6) is 17.2 Å². The summed E-state index contributed by atoms with van der Waals surface area (Å²) < 4.78 is 18.0. The Morgan fingerprint density at radius 3 is 2.36 bits per heavy atom. The number of nitro benzene ring substituents is 1. The smallest absolute Gasteiger partial charge is 0.415 e. The van der Waals surface area contributed by atoms with Gasteiger partial charge in [-0.2, -0.15) is 0 Å². The number of hydrogen-bond acceptors (Lipinski definition) is 9. The van der Waals surface area contributed by atoms with Gasteiger partial charge in [0, 0.05) is 49.9 Å². The van der Waals surface area contributed by atoms with Crippen LogP contribution in [0.25, 0.3) is 11.1 Å². The Kier molecular flexibility index (Phi) is 10.6. The van der Waals surface area contributed by atoms with Crippen LogP contribution in [0.1, 0.15) is 30.5 Å². The lowest BCUT2D eigenvalue weighted by Gasteiger charge is -2.39. The number of aryl methyl sites for hydroxylation is 1. The Labute approximate surface area is 292 Å². The topological polar surface area (TPSA) is 127 Å². The number of carbonyl (C=O) groups excluding carboxylic acids is 2. The Hall–Kier alpha value is -5.62. The quantitative estimate of drug-likeness (QED) is 0.126. The maximum absolute atomic E-state index is 13.5. The molecule has 0 saturated heterocycles. The van der Waals surface area contributed by atoms with Crippen molar-refractivity contribution in [1.29, 1.82) is 0 Å². The fourth-order valence-electron chi connectivity index (χ4n) is 5.92. The molecule has 0 unspecified atom stereocenters. The summed E-state index contributed by atoms with van der Waals surface area (Å²) in [5, 5.41) is 14.8. The van der Waals surface area contributed by atoms with Crippen LogP contribution in [0.15, 0.2) is 78.9 Å². The van der Waals surface area contributed by atoms with Crippen LogP contribution >= 0.6 is 0 Å². The second-order valence-corrected chi connectivity index (χ2v) is 13.0. The van der Waals surface area contributed by atoms with Crippen LogP contribution in [0, 0.1) is 17.0 Å². The number of methoxy groups -OCH3 is 1. The molecule has 0 bridgehead atoms. The minimum atomic E-state index is -0.845. The summed E-state index contributed by atoms with van der Waals surface area (Å²) in [7, 11) is 7.15. The van der Waals surface area contributed by atoms with E-state index < -0.39 is 16.6 Å². The molecule has 1 aliphatic rings. The first-order valence-corrected chi connectivity index (χ1v) is 16.2. The number of hydrogen-bond donors (Lipinski definition) is 1. The largest absolute Gasteiger partial charge is 0.496 e. The molecule has 0 fully saturated rings. The number of nitrogens with one attached hydrogen (secondary N) is 1. The Morgan fingerprint density at radius 2 is 1.68 bits per heavy atom. The number of nitrogens with zero attached hydrogens (tertiary/aromatic N) is 4. The molecule has 262 valence electrons. The van der Waals surface area contributed by atoms with Crippen LogP contribution in [-0.4, -0.2) is 73.6 Å². The van der Waals surface area contributed by atoms with Gasteiger partial charge in [-0.05, 0) is 75.8 Å². The van der Waals surface area contributed by atoms with Gasteiger partial charge in [0.2, 0.25) is 0 Å². The molecule has 0 aromatic heterocycles. The molecule has 4 aromatic rings. The van der Waals surface area contributed by atoms with Crippen molar-refractivity contribution in [3.05, 3.63) is 106 Å². The molecule has 1 heterocycles. The number of amides is 2. The molecule has 1 aliphatic heterocycles. The van der Waals surface area contributed by atoms with Gasteiger partial charge in [0.15, 0.2) is 0 Å². The van der Waals surface area contributed by atoms with Gasteiger partial charge in [-0.25, -0.2) is 4.79 Å². The average Bonchev–Trinajstić information content (AvgIpc) is 3.08. The van der Waals surface area contributed by atoms with Crippen LogP contribution in [-0.2, 0) is 17.9 Å². The predicted octanol–water partition coefficient (Wildman–Crippen LogP) is 6.89. The van der Waals surface area contributed by atoms with Crippen molar-refractivity contribution in [2.45, 2.75) is 39.5 Å². The summed E-state index contributed by atoms with van der Waals surface area (Å²) in [4.78, 5) is 43.2. The molecular formula is C38H43N5O7. The molecule has 0 radical (unpaired) electrons. The Bertz CT molecular complexity index is 1890. The first kappa shape index (κ1) is 35.7. The lowest BCUT2D eigenvalue weighted by molar-refractivity contribution is -0.385. The normalized spacial score (nSPS) is 13.4. The zero-order chi connectivity index (χ0) is 36.2. The zero-order valence-electron chi connectivity index (χ0n) is 29.5. The first-order valence-electron chi connectivity index (χ1n) is 16.2. The number of rotatable bonds is 12. The van der Waals surface area contributed by atoms with E-state index in [1.165, 1.54) is 19.2 Å². The maximum Gasteiger partial charge on any atom is 0.415 e. The van der Waals surface area contributed by atoms with Gasteiger partial charge in [-0.3, -0.25) is 14.9 Å².